The third-order valence-electron chi connectivity index (χ3n) is 3.05. The topological polar surface area (TPSA) is 86.0 Å². The number of rotatable bonds is 2. The first-order valence-corrected chi connectivity index (χ1v) is 5.18. The molecule has 2 rings (SSSR count). The maximum Gasteiger partial charge on any atom is 0.136 e. The summed E-state index contributed by atoms with van der Waals surface area (Å²) in [7, 11) is 0. The lowest BCUT2D eigenvalue weighted by molar-refractivity contribution is 0.0820. The number of allylic oxidation sites excluding steroid dienone is 1. The first-order valence-electron chi connectivity index (χ1n) is 5.18. The van der Waals surface area contributed by atoms with Crippen molar-refractivity contribution >= 4 is 12.4 Å². The first-order chi connectivity index (χ1) is 7.33. The monoisotopic (exact) mass is 208 g/mol. The van der Waals surface area contributed by atoms with Crippen molar-refractivity contribution in [3.05, 3.63) is 11.8 Å². The molecule has 1 heterocycles. The van der Waals surface area contributed by atoms with E-state index in [0.717, 1.165) is 25.0 Å². The van der Waals surface area contributed by atoms with Crippen LogP contribution in [0.25, 0.3) is 0 Å². The van der Waals surface area contributed by atoms with Crippen LogP contribution in [0.5, 0.6) is 0 Å². The molecule has 5 heteroatoms. The lowest BCUT2D eigenvalue weighted by Crippen LogP contribution is -2.27. The Balaban J connectivity index is 1.97. The lowest BCUT2D eigenvalue weighted by Gasteiger charge is -2.28. The highest BCUT2D eigenvalue weighted by Crippen LogP contribution is 2.36. The van der Waals surface area contributed by atoms with Crippen LogP contribution in [0.15, 0.2) is 22.0 Å². The third-order valence-corrected chi connectivity index (χ3v) is 3.05. The van der Waals surface area contributed by atoms with E-state index in [1.165, 1.54) is 0 Å². The molecule has 4 N–H and O–H groups in total. The van der Waals surface area contributed by atoms with Gasteiger partial charge in [0.05, 0.1) is 6.21 Å². The summed E-state index contributed by atoms with van der Waals surface area (Å²) in [5.41, 5.74) is 0. The fraction of sp³-hybridized carbons (Fsp3) is 0.600. The van der Waals surface area contributed by atoms with Gasteiger partial charge in [-0.2, -0.15) is 10.2 Å². The van der Waals surface area contributed by atoms with Gasteiger partial charge in [0, 0.05) is 12.1 Å². The van der Waals surface area contributed by atoms with E-state index in [4.69, 9.17) is 16.4 Å². The minimum absolute atomic E-state index is 0.245. The van der Waals surface area contributed by atoms with Crippen LogP contribution in [0.3, 0.4) is 0 Å². The standard InChI is InChI=1S/C10H16N4O/c11-13-5-7-1-2-8-4-9(6-14-12)15-10(8)3-7/h4-8,10H,1-3,11-12H2/b13-5?,14-6+. The van der Waals surface area contributed by atoms with Gasteiger partial charge in [-0.3, -0.25) is 0 Å². The molecule has 0 amide bonds. The van der Waals surface area contributed by atoms with Gasteiger partial charge < -0.3 is 16.4 Å². The molecule has 0 saturated heterocycles. The second kappa shape index (κ2) is 4.33. The highest BCUT2D eigenvalue weighted by atomic mass is 16.5. The number of ether oxygens (including phenoxy) is 1. The molecule has 0 aromatic carbocycles. The van der Waals surface area contributed by atoms with Gasteiger partial charge in [-0.25, -0.2) is 0 Å². The zero-order valence-electron chi connectivity index (χ0n) is 8.54. The minimum atomic E-state index is 0.245. The molecule has 2 aliphatic rings. The molecule has 15 heavy (non-hydrogen) atoms. The predicted molar refractivity (Wildman–Crippen MR) is 59.1 cm³/mol. The van der Waals surface area contributed by atoms with Crippen molar-refractivity contribution in [2.75, 3.05) is 0 Å². The number of fused-ring (bicyclic) bond motifs is 1. The molecule has 3 atom stereocenters. The molecular weight excluding hydrogens is 192 g/mol. The van der Waals surface area contributed by atoms with Gasteiger partial charge in [0.1, 0.15) is 11.9 Å². The van der Waals surface area contributed by atoms with Crippen LogP contribution in [-0.4, -0.2) is 18.5 Å². The summed E-state index contributed by atoms with van der Waals surface area (Å²) in [6.45, 7) is 0. The maximum atomic E-state index is 5.71. The fourth-order valence-corrected chi connectivity index (χ4v) is 2.34. The van der Waals surface area contributed by atoms with Gasteiger partial charge in [0.15, 0.2) is 0 Å². The van der Waals surface area contributed by atoms with E-state index < -0.39 is 0 Å². The van der Waals surface area contributed by atoms with Gasteiger partial charge in [-0.1, -0.05) is 0 Å². The molecule has 1 saturated carbocycles. The average Bonchev–Trinajstić information content (AvgIpc) is 2.60. The molecule has 1 aliphatic carbocycles. The molecule has 5 nitrogen and oxygen atoms in total. The second-order valence-corrected chi connectivity index (χ2v) is 4.04. The van der Waals surface area contributed by atoms with Crippen molar-refractivity contribution in [2.45, 2.75) is 25.4 Å². The Bertz CT molecular complexity index is 311. The van der Waals surface area contributed by atoms with Crippen LogP contribution in [0.2, 0.25) is 0 Å². The first kappa shape index (κ1) is 10.0. The Labute approximate surface area is 88.8 Å². The highest BCUT2D eigenvalue weighted by Gasteiger charge is 2.34. The summed E-state index contributed by atoms with van der Waals surface area (Å²) < 4.78 is 5.71. The molecular formula is C10H16N4O. The van der Waals surface area contributed by atoms with E-state index in [1.54, 1.807) is 6.21 Å². The lowest BCUT2D eigenvalue weighted by atomic mass is 9.81. The minimum Gasteiger partial charge on any atom is -0.488 e. The largest absolute Gasteiger partial charge is 0.488 e. The van der Waals surface area contributed by atoms with Crippen LogP contribution in [0, 0.1) is 11.8 Å². The smallest absolute Gasteiger partial charge is 0.136 e. The average molecular weight is 208 g/mol. The number of hydrogen-bond donors (Lipinski definition) is 2. The summed E-state index contributed by atoms with van der Waals surface area (Å²) in [6, 6.07) is 0. The van der Waals surface area contributed by atoms with E-state index >= 15 is 0 Å². The van der Waals surface area contributed by atoms with Gasteiger partial charge in [0.2, 0.25) is 0 Å². The number of nitrogens with two attached hydrogens (primary N) is 2. The fourth-order valence-electron chi connectivity index (χ4n) is 2.34. The Kier molecular flexibility index (Phi) is 2.89. The van der Waals surface area contributed by atoms with Crippen molar-refractivity contribution in [3.63, 3.8) is 0 Å². The summed E-state index contributed by atoms with van der Waals surface area (Å²) in [5, 5.41) is 7.05. The van der Waals surface area contributed by atoms with Crippen molar-refractivity contribution in [1.29, 1.82) is 0 Å². The highest BCUT2D eigenvalue weighted by molar-refractivity contribution is 5.76. The van der Waals surface area contributed by atoms with Crippen LogP contribution in [0.1, 0.15) is 19.3 Å². The van der Waals surface area contributed by atoms with E-state index in [2.05, 4.69) is 16.3 Å². The van der Waals surface area contributed by atoms with Crippen LogP contribution in [-0.2, 0) is 4.74 Å². The van der Waals surface area contributed by atoms with Crippen molar-refractivity contribution in [3.8, 4) is 0 Å². The van der Waals surface area contributed by atoms with E-state index in [-0.39, 0.29) is 6.10 Å². The molecule has 0 bridgehead atoms. The summed E-state index contributed by atoms with van der Waals surface area (Å²) >= 11 is 0. The Morgan fingerprint density at radius 2 is 2.20 bits per heavy atom. The summed E-state index contributed by atoms with van der Waals surface area (Å²) in [6.07, 6.45) is 8.94. The summed E-state index contributed by atoms with van der Waals surface area (Å²) in [5.74, 6) is 12.0. The molecule has 0 aromatic rings. The number of hydrazone groups is 2. The van der Waals surface area contributed by atoms with Crippen molar-refractivity contribution < 1.29 is 4.74 Å². The van der Waals surface area contributed by atoms with Gasteiger partial charge in [-0.15, -0.1) is 0 Å². The molecule has 82 valence electrons. The Hall–Kier alpha value is -1.52. The van der Waals surface area contributed by atoms with Gasteiger partial charge in [0.25, 0.3) is 0 Å². The summed E-state index contributed by atoms with van der Waals surface area (Å²) in [4.78, 5) is 0. The van der Waals surface area contributed by atoms with E-state index in [1.807, 2.05) is 6.21 Å². The van der Waals surface area contributed by atoms with Crippen molar-refractivity contribution in [2.24, 2.45) is 33.7 Å². The zero-order chi connectivity index (χ0) is 10.7. The third kappa shape index (κ3) is 2.11. The molecule has 1 fully saturated rings. The Morgan fingerprint density at radius 3 is 2.93 bits per heavy atom. The molecule has 1 aliphatic heterocycles. The van der Waals surface area contributed by atoms with Crippen LogP contribution in [0.4, 0.5) is 0 Å². The second-order valence-electron chi connectivity index (χ2n) is 4.04. The van der Waals surface area contributed by atoms with Crippen LogP contribution >= 0.6 is 0 Å². The molecule has 0 spiro atoms. The van der Waals surface area contributed by atoms with E-state index in [9.17, 15) is 0 Å². The number of nitrogens with zero attached hydrogens (tertiary/aromatic N) is 2. The normalized spacial score (nSPS) is 35.5. The zero-order valence-corrected chi connectivity index (χ0v) is 8.54. The van der Waals surface area contributed by atoms with Gasteiger partial charge in [-0.05, 0) is 31.3 Å². The van der Waals surface area contributed by atoms with Crippen molar-refractivity contribution in [1.82, 2.24) is 0 Å². The maximum absolute atomic E-state index is 5.71. The van der Waals surface area contributed by atoms with E-state index in [0.29, 0.717) is 11.8 Å². The van der Waals surface area contributed by atoms with Gasteiger partial charge >= 0.3 is 0 Å². The molecule has 3 unspecified atom stereocenters. The molecule has 0 aromatic heterocycles. The Morgan fingerprint density at radius 1 is 1.33 bits per heavy atom. The van der Waals surface area contributed by atoms with Crippen LogP contribution < -0.4 is 11.7 Å². The quantitative estimate of drug-likeness (QED) is 0.395. The molecule has 0 radical (unpaired) electrons. The predicted octanol–water partition coefficient (Wildman–Crippen LogP) is 0.574. The SMILES string of the molecule is NN=CC1CCC2C=C(/C=N/N)OC2C1. The number of hydrogen-bond acceptors (Lipinski definition) is 5.